The van der Waals surface area contributed by atoms with Crippen molar-refractivity contribution in [3.8, 4) is 6.07 Å². The number of ether oxygens (including phenoxy) is 1. The number of nitriles is 1. The minimum Gasteiger partial charge on any atom is -0.469 e. The molecule has 1 aliphatic carbocycles. The van der Waals surface area contributed by atoms with Crippen molar-refractivity contribution in [2.24, 2.45) is 5.41 Å². The average molecular weight is 547 g/mol. The summed E-state index contributed by atoms with van der Waals surface area (Å²) >= 11 is 0. The molecule has 1 saturated heterocycles. The number of hydrogen-bond acceptors (Lipinski definition) is 7. The van der Waals surface area contributed by atoms with Gasteiger partial charge in [0.1, 0.15) is 6.07 Å². The number of H-pyrrole nitrogens is 1. The van der Waals surface area contributed by atoms with Crippen molar-refractivity contribution < 1.29 is 14.3 Å². The monoisotopic (exact) mass is 546 g/mol. The molecule has 1 aromatic carbocycles. The van der Waals surface area contributed by atoms with Crippen LogP contribution in [-0.2, 0) is 15.1 Å². The number of imidazole rings is 1. The smallest absolute Gasteiger partial charge is 0.306 e. The lowest BCUT2D eigenvalue weighted by atomic mass is 9.73. The Morgan fingerprint density at radius 2 is 1.98 bits per heavy atom. The summed E-state index contributed by atoms with van der Waals surface area (Å²) in [6, 6.07) is 8.91. The van der Waals surface area contributed by atoms with Crippen LogP contribution in [-0.4, -0.2) is 59.5 Å². The maximum absolute atomic E-state index is 13.1. The Kier molecular flexibility index (Phi) is 8.81. The molecular formula is C31H42N6O3. The Labute approximate surface area is 237 Å². The lowest BCUT2D eigenvalue weighted by Gasteiger charge is -2.49. The first-order valence-corrected chi connectivity index (χ1v) is 14.1. The standard InChI is InChI=1S/C31H42N6O3/c1-20-16-31(17-21(2)37(20)5,34-14-11-27(38)40-6)23-7-8-26(36-29(39)28-33-19-24(18-32)35-28)25(15-23)22-9-12-30(3,4)13-10-22/h7-9,15,19-21,34H,10-14,16-17H2,1-6H3,(H,33,35)(H,36,39). The van der Waals surface area contributed by atoms with Crippen LogP contribution in [0.5, 0.6) is 0 Å². The molecule has 9 heteroatoms. The number of nitrogens with zero attached hydrogens (tertiary/aromatic N) is 3. The van der Waals surface area contributed by atoms with Gasteiger partial charge in [-0.3, -0.25) is 9.59 Å². The van der Waals surface area contributed by atoms with E-state index >= 15 is 0 Å². The van der Waals surface area contributed by atoms with E-state index in [0.717, 1.165) is 43.2 Å². The van der Waals surface area contributed by atoms with E-state index < -0.39 is 0 Å². The van der Waals surface area contributed by atoms with Gasteiger partial charge in [-0.1, -0.05) is 26.0 Å². The Balaban J connectivity index is 1.74. The van der Waals surface area contributed by atoms with Gasteiger partial charge < -0.3 is 25.3 Å². The predicted molar refractivity (Wildman–Crippen MR) is 156 cm³/mol. The number of rotatable bonds is 8. The average Bonchev–Trinajstić information content (AvgIpc) is 3.41. The highest BCUT2D eigenvalue weighted by molar-refractivity contribution is 6.03. The van der Waals surface area contributed by atoms with Crippen molar-refractivity contribution >= 4 is 23.1 Å². The van der Waals surface area contributed by atoms with Gasteiger partial charge >= 0.3 is 5.97 Å². The first-order valence-electron chi connectivity index (χ1n) is 14.1. The summed E-state index contributed by atoms with van der Waals surface area (Å²) in [6.45, 7) is 9.56. The van der Waals surface area contributed by atoms with Crippen LogP contribution in [0, 0.1) is 16.7 Å². The lowest BCUT2D eigenvalue weighted by Crippen LogP contribution is -2.57. The highest BCUT2D eigenvalue weighted by atomic mass is 16.5. The molecule has 0 spiro atoms. The van der Waals surface area contributed by atoms with Crippen LogP contribution in [0.1, 0.15) is 93.7 Å². The third-order valence-corrected chi connectivity index (χ3v) is 8.74. The molecule has 4 rings (SSSR count). The third-order valence-electron chi connectivity index (χ3n) is 8.74. The van der Waals surface area contributed by atoms with E-state index in [1.54, 1.807) is 0 Å². The van der Waals surface area contributed by atoms with Crippen LogP contribution in [0.4, 0.5) is 5.69 Å². The van der Waals surface area contributed by atoms with Crippen LogP contribution in [0.25, 0.3) is 5.57 Å². The number of carbonyl (C=O) groups excluding carboxylic acids is 2. The van der Waals surface area contributed by atoms with Crippen LogP contribution >= 0.6 is 0 Å². The number of benzene rings is 1. The molecule has 2 unspecified atom stereocenters. The first kappa shape index (κ1) is 29.5. The second-order valence-corrected chi connectivity index (χ2v) is 12.2. The molecule has 3 N–H and O–H groups in total. The fraction of sp³-hybridized carbons (Fsp3) is 0.548. The van der Waals surface area contributed by atoms with Crippen molar-refractivity contribution in [1.29, 1.82) is 5.26 Å². The summed E-state index contributed by atoms with van der Waals surface area (Å²) < 4.78 is 4.89. The van der Waals surface area contributed by atoms with Crippen molar-refractivity contribution in [2.45, 2.75) is 83.8 Å². The highest BCUT2D eigenvalue weighted by Gasteiger charge is 2.42. The first-order chi connectivity index (χ1) is 19.0. The number of carbonyl (C=O) groups is 2. The van der Waals surface area contributed by atoms with E-state index in [0.29, 0.717) is 30.7 Å². The molecule has 0 saturated carbocycles. The van der Waals surface area contributed by atoms with Gasteiger partial charge in [-0.25, -0.2) is 4.98 Å². The van der Waals surface area contributed by atoms with Gasteiger partial charge in [0, 0.05) is 41.6 Å². The number of aromatic amines is 1. The fourth-order valence-corrected chi connectivity index (χ4v) is 6.02. The van der Waals surface area contributed by atoms with E-state index in [1.165, 1.54) is 18.9 Å². The Hall–Kier alpha value is -3.48. The summed E-state index contributed by atoms with van der Waals surface area (Å²) in [7, 11) is 3.58. The van der Waals surface area contributed by atoms with Gasteiger partial charge in [0.05, 0.1) is 13.5 Å². The van der Waals surface area contributed by atoms with Crippen molar-refractivity contribution in [3.05, 3.63) is 53.1 Å². The molecule has 2 aromatic rings. The number of likely N-dealkylation sites (tertiary alicyclic amines) is 1. The number of nitrogens with one attached hydrogen (secondary N) is 3. The number of amides is 1. The molecule has 2 atom stereocenters. The van der Waals surface area contributed by atoms with E-state index in [1.807, 2.05) is 12.1 Å². The summed E-state index contributed by atoms with van der Waals surface area (Å²) in [6.07, 6.45) is 8.73. The molecule has 1 aliphatic heterocycles. The van der Waals surface area contributed by atoms with Gasteiger partial charge in [0.25, 0.3) is 5.91 Å². The zero-order chi connectivity index (χ0) is 29.1. The second kappa shape index (κ2) is 11.9. The highest BCUT2D eigenvalue weighted by Crippen LogP contribution is 2.43. The van der Waals surface area contributed by atoms with Gasteiger partial charge in [0.2, 0.25) is 0 Å². The lowest BCUT2D eigenvalue weighted by molar-refractivity contribution is -0.140. The third kappa shape index (κ3) is 6.45. The summed E-state index contributed by atoms with van der Waals surface area (Å²) in [5.74, 6) is -0.521. The molecule has 9 nitrogen and oxygen atoms in total. The second-order valence-electron chi connectivity index (χ2n) is 12.2. The molecule has 2 heterocycles. The predicted octanol–water partition coefficient (Wildman–Crippen LogP) is 4.98. The summed E-state index contributed by atoms with van der Waals surface area (Å²) in [4.78, 5) is 34.3. The minimum atomic E-state index is -0.389. The molecule has 1 amide bonds. The van der Waals surface area contributed by atoms with E-state index in [2.05, 4.69) is 78.5 Å². The largest absolute Gasteiger partial charge is 0.469 e. The molecule has 0 bridgehead atoms. The van der Waals surface area contributed by atoms with E-state index in [9.17, 15) is 9.59 Å². The Bertz CT molecular complexity index is 1310. The number of methoxy groups -OCH3 is 1. The molecule has 2 aliphatic rings. The molecule has 1 aromatic heterocycles. The summed E-state index contributed by atoms with van der Waals surface area (Å²) in [5.41, 5.74) is 4.15. The molecule has 214 valence electrons. The number of anilines is 1. The van der Waals surface area contributed by atoms with Gasteiger partial charge in [-0.05, 0) is 81.7 Å². The zero-order valence-corrected chi connectivity index (χ0v) is 24.6. The maximum Gasteiger partial charge on any atom is 0.306 e. The van der Waals surface area contributed by atoms with E-state index in [4.69, 9.17) is 10.00 Å². The number of piperidine rings is 1. The van der Waals surface area contributed by atoms with Crippen molar-refractivity contribution in [3.63, 3.8) is 0 Å². The number of esters is 1. The zero-order valence-electron chi connectivity index (χ0n) is 24.6. The van der Waals surface area contributed by atoms with Crippen LogP contribution in [0.2, 0.25) is 0 Å². The van der Waals surface area contributed by atoms with Gasteiger partial charge in [0.15, 0.2) is 11.5 Å². The number of hydrogen-bond donors (Lipinski definition) is 3. The SMILES string of the molecule is COC(=O)CCNC1(c2ccc(NC(=O)c3nc(C#N)c[nH]3)c(C3=CCC(C)(C)CC3)c2)CC(C)N(C)C(C)C1. The Morgan fingerprint density at radius 1 is 1.25 bits per heavy atom. The summed E-state index contributed by atoms with van der Waals surface area (Å²) in [5, 5.41) is 15.9. The van der Waals surface area contributed by atoms with Crippen LogP contribution < -0.4 is 10.6 Å². The van der Waals surface area contributed by atoms with Crippen LogP contribution in [0.15, 0.2) is 30.5 Å². The number of aromatic nitrogens is 2. The van der Waals surface area contributed by atoms with Gasteiger partial charge in [-0.2, -0.15) is 5.26 Å². The van der Waals surface area contributed by atoms with E-state index in [-0.39, 0.29) is 34.3 Å². The normalized spacial score (nSPS) is 24.6. The molecular weight excluding hydrogens is 504 g/mol. The quantitative estimate of drug-likeness (QED) is 0.399. The van der Waals surface area contributed by atoms with Crippen molar-refractivity contribution in [1.82, 2.24) is 20.2 Å². The Morgan fingerprint density at radius 3 is 2.58 bits per heavy atom. The maximum atomic E-state index is 13.1. The molecule has 40 heavy (non-hydrogen) atoms. The van der Waals surface area contributed by atoms with Crippen molar-refractivity contribution in [2.75, 3.05) is 26.0 Å². The topological polar surface area (TPSA) is 123 Å². The van der Waals surface area contributed by atoms with Gasteiger partial charge in [-0.15, -0.1) is 0 Å². The fourth-order valence-electron chi connectivity index (χ4n) is 6.02. The van der Waals surface area contributed by atoms with Crippen LogP contribution in [0.3, 0.4) is 0 Å². The minimum absolute atomic E-state index is 0.101. The number of allylic oxidation sites excluding steroid dienone is 2. The molecule has 0 radical (unpaired) electrons. The molecule has 1 fully saturated rings.